The van der Waals surface area contributed by atoms with Gasteiger partial charge < -0.3 is 10.6 Å². The number of amides is 2. The van der Waals surface area contributed by atoms with E-state index in [9.17, 15) is 4.79 Å². The maximum absolute atomic E-state index is 11.7. The summed E-state index contributed by atoms with van der Waals surface area (Å²) in [6, 6.07) is 4.88. The summed E-state index contributed by atoms with van der Waals surface area (Å²) < 4.78 is 0. The van der Waals surface area contributed by atoms with E-state index >= 15 is 0 Å². The zero-order chi connectivity index (χ0) is 11.6. The van der Waals surface area contributed by atoms with Gasteiger partial charge in [-0.15, -0.1) is 0 Å². The zero-order valence-corrected chi connectivity index (χ0v) is 9.75. The maximum atomic E-state index is 11.7. The number of benzene rings is 1. The van der Waals surface area contributed by atoms with Crippen molar-refractivity contribution < 1.29 is 4.79 Å². The molecular formula is C10H14ClN3O. The van der Waals surface area contributed by atoms with Gasteiger partial charge in [-0.2, -0.15) is 0 Å². The third kappa shape index (κ3) is 2.53. The predicted octanol–water partition coefficient (Wildman–Crippen LogP) is 2.04. The van der Waals surface area contributed by atoms with Gasteiger partial charge in [-0.3, -0.25) is 4.90 Å². The second-order valence-electron chi connectivity index (χ2n) is 3.44. The van der Waals surface area contributed by atoms with Crippen LogP contribution < -0.4 is 10.6 Å². The molecule has 0 bridgehead atoms. The van der Waals surface area contributed by atoms with E-state index in [4.69, 9.17) is 17.3 Å². The van der Waals surface area contributed by atoms with Gasteiger partial charge in [0.05, 0.1) is 11.4 Å². The minimum absolute atomic E-state index is 0.149. The quantitative estimate of drug-likeness (QED) is 0.747. The first kappa shape index (κ1) is 11.7. The van der Waals surface area contributed by atoms with Crippen molar-refractivity contribution in [2.24, 2.45) is 0 Å². The molecule has 0 aromatic heterocycles. The van der Waals surface area contributed by atoms with E-state index < -0.39 is 0 Å². The highest BCUT2D eigenvalue weighted by Gasteiger charge is 2.15. The Labute approximate surface area is 94.2 Å². The topological polar surface area (TPSA) is 49.6 Å². The van der Waals surface area contributed by atoms with Gasteiger partial charge in [-0.1, -0.05) is 11.6 Å². The second kappa shape index (κ2) is 4.40. The third-order valence-electron chi connectivity index (χ3n) is 2.02. The van der Waals surface area contributed by atoms with Gasteiger partial charge in [-0.25, -0.2) is 4.79 Å². The molecule has 0 saturated carbocycles. The summed E-state index contributed by atoms with van der Waals surface area (Å²) >= 11 is 5.84. The Kier molecular flexibility index (Phi) is 3.42. The van der Waals surface area contributed by atoms with Crippen LogP contribution in [0.2, 0.25) is 5.02 Å². The van der Waals surface area contributed by atoms with Crippen molar-refractivity contribution in [2.75, 3.05) is 31.8 Å². The van der Waals surface area contributed by atoms with Crippen molar-refractivity contribution in [3.8, 4) is 0 Å². The first-order valence-electron chi connectivity index (χ1n) is 4.43. The van der Waals surface area contributed by atoms with Crippen LogP contribution in [-0.2, 0) is 0 Å². The number of nitrogens with two attached hydrogens (primary N) is 1. The summed E-state index contributed by atoms with van der Waals surface area (Å²) in [5.41, 5.74) is 6.89. The fourth-order valence-electron chi connectivity index (χ4n) is 1.21. The van der Waals surface area contributed by atoms with Crippen LogP contribution in [0.15, 0.2) is 18.2 Å². The van der Waals surface area contributed by atoms with Crippen LogP contribution in [-0.4, -0.2) is 32.1 Å². The first-order valence-corrected chi connectivity index (χ1v) is 4.81. The van der Waals surface area contributed by atoms with Gasteiger partial charge in [0.15, 0.2) is 0 Å². The second-order valence-corrected chi connectivity index (χ2v) is 3.88. The van der Waals surface area contributed by atoms with Crippen LogP contribution >= 0.6 is 11.6 Å². The van der Waals surface area contributed by atoms with E-state index in [0.29, 0.717) is 16.4 Å². The fourth-order valence-corrected chi connectivity index (χ4v) is 1.38. The Hall–Kier alpha value is -1.42. The highest BCUT2D eigenvalue weighted by atomic mass is 35.5. The van der Waals surface area contributed by atoms with Crippen LogP contribution in [0, 0.1) is 0 Å². The predicted molar refractivity (Wildman–Crippen MR) is 63.4 cm³/mol. The number of nitrogens with zero attached hydrogens (tertiary/aromatic N) is 2. The number of carbonyl (C=O) groups is 1. The van der Waals surface area contributed by atoms with Gasteiger partial charge in [0, 0.05) is 26.2 Å². The molecule has 0 atom stereocenters. The van der Waals surface area contributed by atoms with E-state index in [0.717, 1.165) is 0 Å². The summed E-state index contributed by atoms with van der Waals surface area (Å²) in [7, 11) is 5.02. The molecule has 0 fully saturated rings. The molecule has 2 N–H and O–H groups in total. The molecule has 0 aliphatic carbocycles. The molecular weight excluding hydrogens is 214 g/mol. The van der Waals surface area contributed by atoms with Gasteiger partial charge >= 0.3 is 6.03 Å². The lowest BCUT2D eigenvalue weighted by Gasteiger charge is -2.23. The van der Waals surface area contributed by atoms with Crippen LogP contribution in [0.25, 0.3) is 0 Å². The van der Waals surface area contributed by atoms with E-state index in [1.807, 2.05) is 0 Å². The van der Waals surface area contributed by atoms with Crippen LogP contribution in [0.1, 0.15) is 0 Å². The number of hydrogen-bond donors (Lipinski definition) is 1. The number of nitrogen functional groups attached to an aromatic ring is 1. The molecule has 5 heteroatoms. The lowest BCUT2D eigenvalue weighted by molar-refractivity contribution is 0.225. The molecule has 15 heavy (non-hydrogen) atoms. The highest BCUT2D eigenvalue weighted by Crippen LogP contribution is 2.26. The standard InChI is InChI=1S/C10H14ClN3O/c1-13(2)10(15)14(3)9-6-7(11)4-5-8(9)12/h4-6H,12H2,1-3H3. The monoisotopic (exact) mass is 227 g/mol. The molecule has 0 aliphatic heterocycles. The van der Waals surface area contributed by atoms with E-state index in [-0.39, 0.29) is 6.03 Å². The SMILES string of the molecule is CN(C)C(=O)N(C)c1cc(Cl)ccc1N. The first-order chi connectivity index (χ1) is 6.93. The van der Waals surface area contributed by atoms with Gasteiger partial charge in [0.1, 0.15) is 0 Å². The minimum atomic E-state index is -0.149. The van der Waals surface area contributed by atoms with Crippen LogP contribution in [0.3, 0.4) is 0 Å². The Morgan fingerprint density at radius 1 is 1.33 bits per heavy atom. The number of rotatable bonds is 1. The third-order valence-corrected chi connectivity index (χ3v) is 2.26. The molecule has 4 nitrogen and oxygen atoms in total. The van der Waals surface area contributed by atoms with Crippen molar-refractivity contribution in [3.63, 3.8) is 0 Å². The lowest BCUT2D eigenvalue weighted by atomic mass is 10.2. The number of halogens is 1. The Morgan fingerprint density at radius 2 is 1.93 bits per heavy atom. The van der Waals surface area contributed by atoms with Gasteiger partial charge in [-0.05, 0) is 18.2 Å². The number of carbonyl (C=O) groups excluding carboxylic acids is 1. The molecule has 0 radical (unpaired) electrons. The number of urea groups is 1. The van der Waals surface area contributed by atoms with Crippen molar-refractivity contribution in [2.45, 2.75) is 0 Å². The average molecular weight is 228 g/mol. The Bertz CT molecular complexity index is 379. The summed E-state index contributed by atoms with van der Waals surface area (Å²) in [6.45, 7) is 0. The summed E-state index contributed by atoms with van der Waals surface area (Å²) in [4.78, 5) is 14.6. The highest BCUT2D eigenvalue weighted by molar-refractivity contribution is 6.31. The van der Waals surface area contributed by atoms with Crippen LogP contribution in [0.4, 0.5) is 16.2 Å². The number of hydrogen-bond acceptors (Lipinski definition) is 2. The largest absolute Gasteiger partial charge is 0.397 e. The fraction of sp³-hybridized carbons (Fsp3) is 0.300. The Balaban J connectivity index is 3.05. The normalized spacial score (nSPS) is 9.87. The zero-order valence-electron chi connectivity index (χ0n) is 8.99. The molecule has 0 spiro atoms. The Morgan fingerprint density at radius 3 is 2.47 bits per heavy atom. The molecule has 2 amide bonds. The van der Waals surface area contributed by atoms with Crippen molar-refractivity contribution in [1.82, 2.24) is 4.90 Å². The summed E-state index contributed by atoms with van der Waals surface area (Å²) in [5.74, 6) is 0. The van der Waals surface area contributed by atoms with Gasteiger partial charge in [0.2, 0.25) is 0 Å². The average Bonchev–Trinajstić information content (AvgIpc) is 2.19. The molecule has 1 aromatic rings. The maximum Gasteiger partial charge on any atom is 0.323 e. The molecule has 1 rings (SSSR count). The molecule has 0 saturated heterocycles. The minimum Gasteiger partial charge on any atom is -0.397 e. The molecule has 1 aromatic carbocycles. The smallest absolute Gasteiger partial charge is 0.323 e. The molecule has 0 aliphatic rings. The van der Waals surface area contributed by atoms with E-state index in [1.54, 1.807) is 39.3 Å². The van der Waals surface area contributed by atoms with Crippen LogP contribution in [0.5, 0.6) is 0 Å². The molecule has 0 heterocycles. The van der Waals surface area contributed by atoms with Crippen molar-refractivity contribution in [3.05, 3.63) is 23.2 Å². The molecule has 82 valence electrons. The van der Waals surface area contributed by atoms with E-state index in [2.05, 4.69) is 0 Å². The molecule has 0 unspecified atom stereocenters. The van der Waals surface area contributed by atoms with Crippen molar-refractivity contribution in [1.29, 1.82) is 0 Å². The van der Waals surface area contributed by atoms with Gasteiger partial charge in [0.25, 0.3) is 0 Å². The van der Waals surface area contributed by atoms with Crippen molar-refractivity contribution >= 4 is 29.0 Å². The van der Waals surface area contributed by atoms with E-state index in [1.165, 1.54) is 9.80 Å². The summed E-state index contributed by atoms with van der Waals surface area (Å²) in [5, 5.41) is 0.553. The lowest BCUT2D eigenvalue weighted by Crippen LogP contribution is -2.36. The number of anilines is 2. The summed E-state index contributed by atoms with van der Waals surface area (Å²) in [6.07, 6.45) is 0.